The summed E-state index contributed by atoms with van der Waals surface area (Å²) in [6.07, 6.45) is 2.84. The molecule has 2 fully saturated rings. The molecule has 20 heavy (non-hydrogen) atoms. The fraction of sp³-hybridized carbons (Fsp3) is 0.571. The summed E-state index contributed by atoms with van der Waals surface area (Å²) in [5.41, 5.74) is 5.43. The van der Waals surface area contributed by atoms with Crippen LogP contribution < -0.4 is 11.1 Å². The Labute approximate surface area is 116 Å². The van der Waals surface area contributed by atoms with Gasteiger partial charge in [-0.1, -0.05) is 0 Å². The van der Waals surface area contributed by atoms with Gasteiger partial charge in [0.25, 0.3) is 5.91 Å². The lowest BCUT2D eigenvalue weighted by Gasteiger charge is -2.28. The highest BCUT2D eigenvalue weighted by molar-refractivity contribution is 5.92. The predicted molar refractivity (Wildman–Crippen MR) is 69.8 cm³/mol. The van der Waals surface area contributed by atoms with Gasteiger partial charge in [0.05, 0.1) is 12.5 Å². The van der Waals surface area contributed by atoms with Crippen molar-refractivity contribution >= 4 is 11.9 Å². The van der Waals surface area contributed by atoms with Crippen LogP contribution in [0, 0.1) is 17.8 Å². The van der Waals surface area contributed by atoms with Crippen LogP contribution in [0.15, 0.2) is 16.5 Å². The Morgan fingerprint density at radius 1 is 1.35 bits per heavy atom. The SMILES string of the molecule is NCc1ccc(C(=O)NC2C3CCC(C3)C2C(=O)O)o1. The molecule has 108 valence electrons. The first-order valence-electron chi connectivity index (χ1n) is 6.92. The van der Waals surface area contributed by atoms with Gasteiger partial charge >= 0.3 is 5.97 Å². The number of carboxylic acids is 1. The van der Waals surface area contributed by atoms with Crippen molar-refractivity contribution in [2.75, 3.05) is 0 Å². The standard InChI is InChI=1S/C14H18N2O4/c15-6-9-3-4-10(20-9)13(17)16-12-8-2-1-7(5-8)11(12)14(18)19/h3-4,7-8,11-12H,1-2,5-6,15H2,(H,16,17)(H,18,19). The predicted octanol–water partition coefficient (Wildman–Crippen LogP) is 0.967. The molecule has 1 aromatic rings. The normalized spacial score (nSPS) is 31.4. The minimum absolute atomic E-state index is 0.192. The van der Waals surface area contributed by atoms with E-state index in [2.05, 4.69) is 5.32 Å². The zero-order chi connectivity index (χ0) is 14.3. The number of amides is 1. The quantitative estimate of drug-likeness (QED) is 0.761. The number of furan rings is 1. The third-order valence-electron chi connectivity index (χ3n) is 4.59. The summed E-state index contributed by atoms with van der Waals surface area (Å²) in [6.45, 7) is 0.235. The highest BCUT2D eigenvalue weighted by Crippen LogP contribution is 2.48. The Hall–Kier alpha value is -1.82. The molecule has 6 heteroatoms. The van der Waals surface area contributed by atoms with Gasteiger partial charge in [0.2, 0.25) is 0 Å². The third-order valence-corrected chi connectivity index (χ3v) is 4.59. The summed E-state index contributed by atoms with van der Waals surface area (Å²) >= 11 is 0. The Morgan fingerprint density at radius 3 is 2.75 bits per heavy atom. The van der Waals surface area contributed by atoms with E-state index < -0.39 is 11.9 Å². The first kappa shape index (κ1) is 13.2. The van der Waals surface area contributed by atoms with Gasteiger partial charge in [-0.3, -0.25) is 9.59 Å². The monoisotopic (exact) mass is 278 g/mol. The van der Waals surface area contributed by atoms with Crippen molar-refractivity contribution < 1.29 is 19.1 Å². The number of fused-ring (bicyclic) bond motifs is 2. The van der Waals surface area contributed by atoms with Crippen LogP contribution in [0.1, 0.15) is 35.6 Å². The second-order valence-electron chi connectivity index (χ2n) is 5.67. The summed E-state index contributed by atoms with van der Waals surface area (Å²) in [6, 6.07) is 2.94. The molecule has 0 spiro atoms. The van der Waals surface area contributed by atoms with E-state index in [4.69, 9.17) is 10.2 Å². The molecular weight excluding hydrogens is 260 g/mol. The number of rotatable bonds is 4. The molecule has 3 rings (SSSR count). The van der Waals surface area contributed by atoms with Crippen LogP contribution in [0.4, 0.5) is 0 Å². The molecule has 6 nitrogen and oxygen atoms in total. The minimum Gasteiger partial charge on any atom is -0.481 e. The average Bonchev–Trinajstić information content (AvgIpc) is 3.13. The van der Waals surface area contributed by atoms with Crippen LogP contribution >= 0.6 is 0 Å². The van der Waals surface area contributed by atoms with E-state index in [9.17, 15) is 14.7 Å². The smallest absolute Gasteiger partial charge is 0.308 e. The zero-order valence-electron chi connectivity index (χ0n) is 11.0. The first-order chi connectivity index (χ1) is 9.60. The van der Waals surface area contributed by atoms with Crippen molar-refractivity contribution in [2.45, 2.75) is 31.8 Å². The molecule has 0 radical (unpaired) electrons. The Bertz CT molecular complexity index is 539. The lowest BCUT2D eigenvalue weighted by Crippen LogP contribution is -2.46. The van der Waals surface area contributed by atoms with Crippen molar-refractivity contribution in [1.82, 2.24) is 5.32 Å². The fourth-order valence-corrected chi connectivity index (χ4v) is 3.69. The van der Waals surface area contributed by atoms with Crippen molar-refractivity contribution in [3.05, 3.63) is 23.7 Å². The first-order valence-corrected chi connectivity index (χ1v) is 6.92. The van der Waals surface area contributed by atoms with Crippen LogP contribution in [-0.4, -0.2) is 23.0 Å². The van der Waals surface area contributed by atoms with E-state index in [1.165, 1.54) is 0 Å². The van der Waals surface area contributed by atoms with Crippen LogP contribution in [0.2, 0.25) is 0 Å². The number of carboxylic acid groups (broad SMARTS) is 1. The van der Waals surface area contributed by atoms with Crippen molar-refractivity contribution in [2.24, 2.45) is 23.5 Å². The number of aliphatic carboxylic acids is 1. The van der Waals surface area contributed by atoms with Crippen molar-refractivity contribution in [3.63, 3.8) is 0 Å². The number of nitrogens with one attached hydrogen (secondary N) is 1. The minimum atomic E-state index is -0.815. The maximum atomic E-state index is 12.1. The molecule has 2 aliphatic rings. The Morgan fingerprint density at radius 2 is 2.10 bits per heavy atom. The van der Waals surface area contributed by atoms with Crippen LogP contribution in [0.25, 0.3) is 0 Å². The van der Waals surface area contributed by atoms with E-state index in [0.29, 0.717) is 5.76 Å². The maximum Gasteiger partial charge on any atom is 0.308 e. The lowest BCUT2D eigenvalue weighted by molar-refractivity contribution is -0.144. The summed E-state index contributed by atoms with van der Waals surface area (Å²) < 4.78 is 5.30. The Balaban J connectivity index is 1.73. The Kier molecular flexibility index (Phi) is 3.25. The number of carbonyl (C=O) groups is 2. The van der Waals surface area contributed by atoms with Gasteiger partial charge in [-0.2, -0.15) is 0 Å². The van der Waals surface area contributed by atoms with Crippen LogP contribution in [0.3, 0.4) is 0 Å². The highest BCUT2D eigenvalue weighted by atomic mass is 16.4. The van der Waals surface area contributed by atoms with Gasteiger partial charge in [-0.25, -0.2) is 0 Å². The highest BCUT2D eigenvalue weighted by Gasteiger charge is 2.51. The topological polar surface area (TPSA) is 106 Å². The lowest BCUT2D eigenvalue weighted by atomic mass is 9.84. The summed E-state index contributed by atoms with van der Waals surface area (Å²) in [5.74, 6) is -0.442. The molecule has 2 aliphatic carbocycles. The molecule has 4 unspecified atom stereocenters. The van der Waals surface area contributed by atoms with Crippen LogP contribution in [-0.2, 0) is 11.3 Å². The second kappa shape index (κ2) is 4.94. The summed E-state index contributed by atoms with van der Waals surface area (Å²) in [7, 11) is 0. The largest absolute Gasteiger partial charge is 0.481 e. The molecule has 0 aromatic carbocycles. The van der Waals surface area contributed by atoms with Gasteiger partial charge in [-0.05, 0) is 43.2 Å². The molecule has 4 N–H and O–H groups in total. The van der Waals surface area contributed by atoms with Crippen molar-refractivity contribution in [3.8, 4) is 0 Å². The summed E-state index contributed by atoms with van der Waals surface area (Å²) in [4.78, 5) is 23.5. The number of nitrogens with two attached hydrogens (primary N) is 1. The molecule has 0 aliphatic heterocycles. The molecule has 2 bridgehead atoms. The average molecular weight is 278 g/mol. The van der Waals surface area contributed by atoms with Crippen LogP contribution in [0.5, 0.6) is 0 Å². The molecule has 2 saturated carbocycles. The third kappa shape index (κ3) is 2.10. The molecular formula is C14H18N2O4. The molecule has 1 heterocycles. The maximum absolute atomic E-state index is 12.1. The van der Waals surface area contributed by atoms with E-state index in [-0.39, 0.29) is 36.1 Å². The fourth-order valence-electron chi connectivity index (χ4n) is 3.69. The van der Waals surface area contributed by atoms with E-state index in [1.807, 2.05) is 0 Å². The van der Waals surface area contributed by atoms with Gasteiger partial charge in [0, 0.05) is 6.04 Å². The van der Waals surface area contributed by atoms with E-state index in [0.717, 1.165) is 19.3 Å². The van der Waals surface area contributed by atoms with Gasteiger partial charge in [0.15, 0.2) is 5.76 Å². The number of hydrogen-bond acceptors (Lipinski definition) is 4. The molecule has 1 amide bonds. The number of hydrogen-bond donors (Lipinski definition) is 3. The van der Waals surface area contributed by atoms with E-state index >= 15 is 0 Å². The summed E-state index contributed by atoms with van der Waals surface area (Å²) in [5, 5.41) is 12.2. The van der Waals surface area contributed by atoms with Gasteiger partial charge < -0.3 is 20.6 Å². The second-order valence-corrected chi connectivity index (χ2v) is 5.67. The molecule has 4 atom stereocenters. The molecule has 1 aromatic heterocycles. The zero-order valence-corrected chi connectivity index (χ0v) is 11.0. The van der Waals surface area contributed by atoms with Gasteiger partial charge in [-0.15, -0.1) is 0 Å². The number of carbonyl (C=O) groups excluding carboxylic acids is 1. The van der Waals surface area contributed by atoms with E-state index in [1.54, 1.807) is 12.1 Å². The van der Waals surface area contributed by atoms with Crippen molar-refractivity contribution in [1.29, 1.82) is 0 Å². The molecule has 0 saturated heterocycles. The van der Waals surface area contributed by atoms with Gasteiger partial charge in [0.1, 0.15) is 5.76 Å².